The molecule has 3 aromatic heterocycles. The van der Waals surface area contributed by atoms with E-state index in [-0.39, 0.29) is 11.4 Å². The van der Waals surface area contributed by atoms with Crippen molar-refractivity contribution in [2.45, 2.75) is 0 Å². The van der Waals surface area contributed by atoms with Crippen molar-refractivity contribution in [3.05, 3.63) is 66.5 Å². The van der Waals surface area contributed by atoms with Crippen molar-refractivity contribution in [3.8, 4) is 11.5 Å². The normalized spacial score (nSPS) is 10.9. The Kier molecular flexibility index (Phi) is 3.27. The molecular formula is C16H11FN6O. The van der Waals surface area contributed by atoms with Gasteiger partial charge < -0.3 is 5.32 Å². The number of fused-ring (bicyclic) bond motifs is 1. The van der Waals surface area contributed by atoms with Crippen molar-refractivity contribution < 1.29 is 9.18 Å². The van der Waals surface area contributed by atoms with Crippen LogP contribution >= 0.6 is 0 Å². The van der Waals surface area contributed by atoms with E-state index in [9.17, 15) is 9.18 Å². The van der Waals surface area contributed by atoms with Gasteiger partial charge in [0.05, 0.1) is 11.4 Å². The van der Waals surface area contributed by atoms with Crippen molar-refractivity contribution in [2.75, 3.05) is 5.32 Å². The largest absolute Gasteiger partial charge is 0.318 e. The van der Waals surface area contributed by atoms with Gasteiger partial charge in [-0.15, -0.1) is 0 Å². The number of H-pyrrole nitrogens is 1. The number of hydrogen-bond acceptors (Lipinski definition) is 4. The molecule has 0 spiro atoms. The summed E-state index contributed by atoms with van der Waals surface area (Å²) in [5, 5.41) is 9.11. The van der Waals surface area contributed by atoms with Crippen molar-refractivity contribution >= 4 is 17.2 Å². The van der Waals surface area contributed by atoms with E-state index in [4.69, 9.17) is 0 Å². The Bertz CT molecular complexity index is 1020. The van der Waals surface area contributed by atoms with Crippen LogP contribution < -0.4 is 5.32 Å². The van der Waals surface area contributed by atoms with Gasteiger partial charge in [-0.1, -0.05) is 18.2 Å². The highest BCUT2D eigenvalue weighted by atomic mass is 19.1. The van der Waals surface area contributed by atoms with Crippen molar-refractivity contribution in [3.63, 3.8) is 0 Å². The van der Waals surface area contributed by atoms with Crippen LogP contribution in [-0.2, 0) is 0 Å². The predicted molar refractivity (Wildman–Crippen MR) is 84.9 cm³/mol. The number of carbonyl (C=O) groups is 1. The third kappa shape index (κ3) is 2.39. The number of aromatic amines is 1. The number of carbonyl (C=O) groups excluding carboxylic acids is 1. The van der Waals surface area contributed by atoms with Crippen molar-refractivity contribution in [2.24, 2.45) is 0 Å². The quantitative estimate of drug-likeness (QED) is 0.606. The average Bonchev–Trinajstić information content (AvgIpc) is 3.25. The highest BCUT2D eigenvalue weighted by molar-refractivity contribution is 6.03. The maximum atomic E-state index is 13.7. The Hall–Kier alpha value is -3.55. The lowest BCUT2D eigenvalue weighted by molar-refractivity contribution is 0.102. The summed E-state index contributed by atoms with van der Waals surface area (Å²) in [6.07, 6.45) is 2.97. The Morgan fingerprint density at radius 1 is 1.17 bits per heavy atom. The molecule has 24 heavy (non-hydrogen) atoms. The van der Waals surface area contributed by atoms with Gasteiger partial charge in [0.1, 0.15) is 23.5 Å². The second-order valence-electron chi connectivity index (χ2n) is 5.03. The Morgan fingerprint density at radius 2 is 2.04 bits per heavy atom. The van der Waals surface area contributed by atoms with Crippen molar-refractivity contribution in [1.82, 2.24) is 24.6 Å². The SMILES string of the molecule is O=C(Nc1ccccc1F)c1cn2c(-c3ncn[nH]3)cccc2n1. The molecule has 0 unspecified atom stereocenters. The smallest absolute Gasteiger partial charge is 0.275 e. The first kappa shape index (κ1) is 14.1. The maximum Gasteiger partial charge on any atom is 0.275 e. The van der Waals surface area contributed by atoms with Crippen LogP contribution in [0.5, 0.6) is 0 Å². The zero-order valence-electron chi connectivity index (χ0n) is 12.3. The summed E-state index contributed by atoms with van der Waals surface area (Å²) in [5.74, 6) is -0.441. The second kappa shape index (κ2) is 5.58. The van der Waals surface area contributed by atoms with E-state index >= 15 is 0 Å². The molecule has 1 aromatic carbocycles. The molecule has 4 rings (SSSR count). The zero-order valence-corrected chi connectivity index (χ0v) is 12.3. The van der Waals surface area contributed by atoms with Crippen LogP contribution in [-0.4, -0.2) is 30.5 Å². The molecule has 0 radical (unpaired) electrons. The average molecular weight is 322 g/mol. The van der Waals surface area contributed by atoms with Crippen LogP contribution in [0.2, 0.25) is 0 Å². The molecule has 0 fully saturated rings. The number of nitrogens with one attached hydrogen (secondary N) is 2. The number of hydrogen-bond donors (Lipinski definition) is 2. The van der Waals surface area contributed by atoms with Gasteiger partial charge in [0, 0.05) is 6.20 Å². The fourth-order valence-corrected chi connectivity index (χ4v) is 2.39. The lowest BCUT2D eigenvalue weighted by Crippen LogP contribution is -2.13. The molecular weight excluding hydrogens is 311 g/mol. The summed E-state index contributed by atoms with van der Waals surface area (Å²) in [7, 11) is 0. The monoisotopic (exact) mass is 322 g/mol. The number of amides is 1. The Labute approximate surface area is 135 Å². The van der Waals surface area contributed by atoms with Gasteiger partial charge in [-0.3, -0.25) is 14.3 Å². The van der Waals surface area contributed by atoms with Gasteiger partial charge in [-0.2, -0.15) is 5.10 Å². The molecule has 4 aromatic rings. The van der Waals surface area contributed by atoms with Crippen LogP contribution in [0, 0.1) is 5.82 Å². The van der Waals surface area contributed by atoms with Gasteiger partial charge in [0.25, 0.3) is 5.91 Å². The maximum absolute atomic E-state index is 13.7. The van der Waals surface area contributed by atoms with Crippen LogP contribution in [0.25, 0.3) is 17.2 Å². The van der Waals surface area contributed by atoms with Gasteiger partial charge in [0.15, 0.2) is 5.82 Å². The summed E-state index contributed by atoms with van der Waals surface area (Å²) in [6.45, 7) is 0. The number of rotatable bonds is 3. The Balaban J connectivity index is 1.72. The highest BCUT2D eigenvalue weighted by Gasteiger charge is 2.15. The van der Waals surface area contributed by atoms with Gasteiger partial charge >= 0.3 is 0 Å². The number of imidazole rings is 1. The number of aromatic nitrogens is 5. The summed E-state index contributed by atoms with van der Waals surface area (Å²) < 4.78 is 15.4. The Morgan fingerprint density at radius 3 is 2.83 bits per heavy atom. The number of para-hydroxylation sites is 1. The number of benzene rings is 1. The summed E-state index contributed by atoms with van der Waals surface area (Å²) in [5.41, 5.74) is 1.56. The molecule has 7 nitrogen and oxygen atoms in total. The van der Waals surface area contributed by atoms with E-state index in [1.807, 2.05) is 6.07 Å². The molecule has 0 aliphatic rings. The molecule has 8 heteroatoms. The second-order valence-corrected chi connectivity index (χ2v) is 5.03. The van der Waals surface area contributed by atoms with Crippen LogP contribution in [0.4, 0.5) is 10.1 Å². The third-order valence-electron chi connectivity index (χ3n) is 3.50. The molecule has 0 saturated carbocycles. The fraction of sp³-hybridized carbons (Fsp3) is 0. The number of anilines is 1. The zero-order chi connectivity index (χ0) is 16.5. The van der Waals surface area contributed by atoms with E-state index in [0.29, 0.717) is 17.2 Å². The number of nitrogens with zero attached hydrogens (tertiary/aromatic N) is 4. The number of halogens is 1. The summed E-state index contributed by atoms with van der Waals surface area (Å²) in [6, 6.07) is 11.4. The molecule has 118 valence electrons. The molecule has 0 saturated heterocycles. The van der Waals surface area contributed by atoms with E-state index in [1.54, 1.807) is 34.9 Å². The van der Waals surface area contributed by atoms with Crippen LogP contribution in [0.1, 0.15) is 10.5 Å². The highest BCUT2D eigenvalue weighted by Crippen LogP contribution is 2.18. The van der Waals surface area contributed by atoms with E-state index in [2.05, 4.69) is 25.5 Å². The van der Waals surface area contributed by atoms with E-state index in [0.717, 1.165) is 0 Å². The van der Waals surface area contributed by atoms with E-state index in [1.165, 1.54) is 18.5 Å². The predicted octanol–water partition coefficient (Wildman–Crippen LogP) is 2.51. The summed E-state index contributed by atoms with van der Waals surface area (Å²) >= 11 is 0. The van der Waals surface area contributed by atoms with Crippen molar-refractivity contribution in [1.29, 1.82) is 0 Å². The first-order chi connectivity index (χ1) is 11.7. The van der Waals surface area contributed by atoms with Crippen LogP contribution in [0.3, 0.4) is 0 Å². The minimum atomic E-state index is -0.503. The minimum absolute atomic E-state index is 0.106. The molecule has 0 bridgehead atoms. The fourth-order valence-electron chi connectivity index (χ4n) is 2.39. The van der Waals surface area contributed by atoms with Gasteiger partial charge in [-0.25, -0.2) is 14.4 Å². The number of pyridine rings is 1. The molecule has 3 heterocycles. The molecule has 0 atom stereocenters. The van der Waals surface area contributed by atoms with Crippen LogP contribution in [0.15, 0.2) is 55.0 Å². The lowest BCUT2D eigenvalue weighted by Gasteiger charge is -2.03. The first-order valence-corrected chi connectivity index (χ1v) is 7.12. The van der Waals surface area contributed by atoms with E-state index < -0.39 is 11.7 Å². The molecule has 0 aliphatic heterocycles. The lowest BCUT2D eigenvalue weighted by atomic mass is 10.3. The molecule has 2 N–H and O–H groups in total. The minimum Gasteiger partial charge on any atom is -0.318 e. The standard InChI is InChI=1S/C16H11FN6O/c17-10-4-1-2-5-11(10)21-16(24)12-8-23-13(15-18-9-19-22-15)6-3-7-14(23)20-12/h1-9H,(H,21,24)(H,18,19,22). The van der Waals surface area contributed by atoms with Gasteiger partial charge in [0.2, 0.25) is 0 Å². The molecule has 0 aliphatic carbocycles. The molecule has 1 amide bonds. The first-order valence-electron chi connectivity index (χ1n) is 7.12. The van der Waals surface area contributed by atoms with Gasteiger partial charge in [-0.05, 0) is 24.3 Å². The topological polar surface area (TPSA) is 88.0 Å². The summed E-state index contributed by atoms with van der Waals surface area (Å²) in [4.78, 5) is 20.7. The third-order valence-corrected chi connectivity index (χ3v) is 3.50.